The van der Waals surface area contributed by atoms with Crippen molar-refractivity contribution in [2.75, 3.05) is 6.54 Å². The summed E-state index contributed by atoms with van der Waals surface area (Å²) in [6, 6.07) is 2.26. The Morgan fingerprint density at radius 2 is 2.32 bits per heavy atom. The van der Waals surface area contributed by atoms with E-state index in [1.165, 1.54) is 22.7 Å². The topological polar surface area (TPSA) is 73.0 Å². The minimum Gasteiger partial charge on any atom is -0.336 e. The van der Waals surface area contributed by atoms with Crippen molar-refractivity contribution in [3.8, 4) is 0 Å². The fourth-order valence-electron chi connectivity index (χ4n) is 3.46. The average molecular weight is 357 g/mol. The first-order valence-corrected chi connectivity index (χ1v) is 9.28. The molecule has 0 spiro atoms. The van der Waals surface area contributed by atoms with Gasteiger partial charge in [-0.1, -0.05) is 0 Å². The number of amides is 1. The molecular formula is C17H19N5O2S. The van der Waals surface area contributed by atoms with Crippen LogP contribution in [0.25, 0.3) is 11.0 Å². The van der Waals surface area contributed by atoms with Gasteiger partial charge in [0.05, 0.1) is 18.6 Å². The van der Waals surface area contributed by atoms with Crippen molar-refractivity contribution in [3.63, 3.8) is 0 Å². The summed E-state index contributed by atoms with van der Waals surface area (Å²) < 4.78 is 3.07. The third kappa shape index (κ3) is 2.86. The lowest BCUT2D eigenvalue weighted by molar-refractivity contribution is -0.132. The summed E-state index contributed by atoms with van der Waals surface area (Å²) in [6.07, 6.45) is 5.35. The highest BCUT2D eigenvalue weighted by molar-refractivity contribution is 7.07. The molecule has 7 nitrogen and oxygen atoms in total. The van der Waals surface area contributed by atoms with Crippen LogP contribution in [0.1, 0.15) is 30.9 Å². The van der Waals surface area contributed by atoms with Crippen molar-refractivity contribution in [1.29, 1.82) is 0 Å². The van der Waals surface area contributed by atoms with Crippen molar-refractivity contribution >= 4 is 28.3 Å². The number of fused-ring (bicyclic) bond motifs is 1. The van der Waals surface area contributed by atoms with Crippen LogP contribution in [0.15, 0.2) is 34.1 Å². The van der Waals surface area contributed by atoms with E-state index < -0.39 is 0 Å². The first kappa shape index (κ1) is 16.0. The third-order valence-electron chi connectivity index (χ3n) is 4.79. The number of aromatic nitrogens is 4. The normalized spacial score (nSPS) is 17.5. The molecule has 1 saturated heterocycles. The monoisotopic (exact) mass is 357 g/mol. The van der Waals surface area contributed by atoms with Crippen molar-refractivity contribution < 1.29 is 4.79 Å². The Labute approximate surface area is 148 Å². The summed E-state index contributed by atoms with van der Waals surface area (Å²) in [4.78, 5) is 31.4. The van der Waals surface area contributed by atoms with E-state index in [1.807, 2.05) is 10.3 Å². The molecule has 4 rings (SSSR count). The summed E-state index contributed by atoms with van der Waals surface area (Å²) in [5.41, 5.74) is 1.62. The van der Waals surface area contributed by atoms with E-state index in [4.69, 9.17) is 0 Å². The smallest absolute Gasteiger partial charge is 0.264 e. The average Bonchev–Trinajstić information content (AvgIpc) is 3.34. The van der Waals surface area contributed by atoms with Crippen LogP contribution in [0.4, 0.5) is 0 Å². The number of thiophene rings is 1. The van der Waals surface area contributed by atoms with Gasteiger partial charge in [-0.05, 0) is 35.2 Å². The second-order valence-corrected chi connectivity index (χ2v) is 7.08. The van der Waals surface area contributed by atoms with Crippen LogP contribution in [0, 0.1) is 0 Å². The molecule has 1 aliphatic heterocycles. The second-order valence-electron chi connectivity index (χ2n) is 6.30. The van der Waals surface area contributed by atoms with Crippen LogP contribution in [0.3, 0.4) is 0 Å². The molecule has 0 N–H and O–H groups in total. The van der Waals surface area contributed by atoms with Gasteiger partial charge >= 0.3 is 0 Å². The summed E-state index contributed by atoms with van der Waals surface area (Å²) in [5, 5.41) is 8.70. The van der Waals surface area contributed by atoms with Gasteiger partial charge in [-0.25, -0.2) is 4.98 Å². The zero-order chi connectivity index (χ0) is 17.4. The minimum absolute atomic E-state index is 0.0897. The van der Waals surface area contributed by atoms with Crippen molar-refractivity contribution in [2.45, 2.75) is 31.8 Å². The zero-order valence-corrected chi connectivity index (χ0v) is 14.8. The Kier molecular flexibility index (Phi) is 4.12. The lowest BCUT2D eigenvalue weighted by Gasteiger charge is -2.24. The predicted molar refractivity (Wildman–Crippen MR) is 95.4 cm³/mol. The molecule has 0 unspecified atom stereocenters. The maximum Gasteiger partial charge on any atom is 0.264 e. The van der Waals surface area contributed by atoms with Crippen LogP contribution in [0.2, 0.25) is 0 Å². The van der Waals surface area contributed by atoms with Crippen molar-refractivity contribution in [2.24, 2.45) is 7.05 Å². The molecule has 1 amide bonds. The van der Waals surface area contributed by atoms with Gasteiger partial charge in [0, 0.05) is 26.6 Å². The van der Waals surface area contributed by atoms with E-state index in [1.54, 1.807) is 23.1 Å². The van der Waals surface area contributed by atoms with Gasteiger partial charge in [0.15, 0.2) is 5.65 Å². The van der Waals surface area contributed by atoms with E-state index >= 15 is 0 Å². The summed E-state index contributed by atoms with van der Waals surface area (Å²) >= 11 is 1.66. The third-order valence-corrected chi connectivity index (χ3v) is 5.49. The van der Waals surface area contributed by atoms with Gasteiger partial charge in [-0.15, -0.1) is 0 Å². The molecule has 1 aliphatic rings. The molecular weight excluding hydrogens is 338 g/mol. The number of carbonyl (C=O) groups excluding carboxylic acids is 1. The molecule has 0 radical (unpaired) electrons. The largest absolute Gasteiger partial charge is 0.336 e. The zero-order valence-electron chi connectivity index (χ0n) is 14.0. The highest BCUT2D eigenvalue weighted by Crippen LogP contribution is 2.33. The molecule has 4 heterocycles. The molecule has 0 aliphatic carbocycles. The van der Waals surface area contributed by atoms with Crippen LogP contribution in [-0.2, 0) is 18.4 Å². The number of nitrogens with zero attached hydrogens (tertiary/aromatic N) is 5. The molecule has 25 heavy (non-hydrogen) atoms. The molecule has 3 aromatic rings. The maximum atomic E-state index is 12.7. The minimum atomic E-state index is -0.151. The maximum absolute atomic E-state index is 12.7. The van der Waals surface area contributed by atoms with Crippen LogP contribution >= 0.6 is 11.3 Å². The SMILES string of the molecule is Cn1ncc2c(=O)n(CCC(=O)N3CCC[C@@H]3c3ccsc3)cnc21. The Bertz CT molecular complexity index is 959. The van der Waals surface area contributed by atoms with E-state index in [9.17, 15) is 9.59 Å². The van der Waals surface area contributed by atoms with Gasteiger partial charge in [-0.2, -0.15) is 16.4 Å². The van der Waals surface area contributed by atoms with E-state index in [-0.39, 0.29) is 17.5 Å². The number of carbonyl (C=O) groups is 1. The first-order valence-electron chi connectivity index (χ1n) is 8.34. The van der Waals surface area contributed by atoms with Gasteiger partial charge in [0.1, 0.15) is 5.39 Å². The van der Waals surface area contributed by atoms with Crippen LogP contribution in [-0.4, -0.2) is 36.7 Å². The number of hydrogen-bond acceptors (Lipinski definition) is 5. The number of aryl methyl sites for hydroxylation is 2. The highest BCUT2D eigenvalue weighted by atomic mass is 32.1. The Hall–Kier alpha value is -2.48. The van der Waals surface area contributed by atoms with Crippen LogP contribution < -0.4 is 5.56 Å². The summed E-state index contributed by atoms with van der Waals surface area (Å²) in [5.74, 6) is 0.0897. The second kappa shape index (κ2) is 6.44. The molecule has 8 heteroatoms. The van der Waals surface area contributed by atoms with E-state index in [0.29, 0.717) is 24.0 Å². The molecule has 0 aromatic carbocycles. The molecule has 1 fully saturated rings. The van der Waals surface area contributed by atoms with Crippen molar-refractivity contribution in [3.05, 3.63) is 45.3 Å². The predicted octanol–water partition coefficient (Wildman–Crippen LogP) is 1.95. The lowest BCUT2D eigenvalue weighted by Crippen LogP contribution is -2.32. The molecule has 0 saturated carbocycles. The fraction of sp³-hybridized carbons (Fsp3) is 0.412. The summed E-state index contributed by atoms with van der Waals surface area (Å²) in [7, 11) is 1.75. The Balaban J connectivity index is 1.49. The summed E-state index contributed by atoms with van der Waals surface area (Å²) in [6.45, 7) is 1.12. The number of likely N-dealkylation sites (tertiary alicyclic amines) is 1. The first-order chi connectivity index (χ1) is 12.1. The molecule has 130 valence electrons. The highest BCUT2D eigenvalue weighted by Gasteiger charge is 2.29. The van der Waals surface area contributed by atoms with Crippen LogP contribution in [0.5, 0.6) is 0 Å². The van der Waals surface area contributed by atoms with Gasteiger partial charge in [0.25, 0.3) is 5.56 Å². The quantitative estimate of drug-likeness (QED) is 0.715. The molecule has 0 bridgehead atoms. The number of rotatable bonds is 4. The Morgan fingerprint density at radius 1 is 1.44 bits per heavy atom. The molecule has 3 aromatic heterocycles. The lowest BCUT2D eigenvalue weighted by atomic mass is 10.1. The molecule has 1 atom stereocenters. The van der Waals surface area contributed by atoms with Gasteiger partial charge in [0.2, 0.25) is 5.91 Å². The van der Waals surface area contributed by atoms with Crippen molar-refractivity contribution in [1.82, 2.24) is 24.2 Å². The van der Waals surface area contributed by atoms with Gasteiger partial charge < -0.3 is 4.90 Å². The Morgan fingerprint density at radius 3 is 3.12 bits per heavy atom. The fourth-order valence-corrected chi connectivity index (χ4v) is 4.17. The van der Waals surface area contributed by atoms with Gasteiger partial charge in [-0.3, -0.25) is 18.8 Å². The number of hydrogen-bond donors (Lipinski definition) is 0. The van der Waals surface area contributed by atoms with E-state index in [0.717, 1.165) is 19.4 Å². The standard InChI is InChI=1S/C17H19N5O2S/c1-20-16-13(9-19-20)17(24)21(11-18-16)7-4-15(23)22-6-2-3-14(22)12-5-8-25-10-12/h5,8-11,14H,2-4,6-7H2,1H3/t14-/m1/s1. The van der Waals surface area contributed by atoms with E-state index in [2.05, 4.69) is 21.5 Å².